The van der Waals surface area contributed by atoms with E-state index in [4.69, 9.17) is 0 Å². The van der Waals surface area contributed by atoms with Gasteiger partial charge >= 0.3 is 5.69 Å². The van der Waals surface area contributed by atoms with Crippen LogP contribution in [0.2, 0.25) is 0 Å². The van der Waals surface area contributed by atoms with Crippen molar-refractivity contribution in [3.8, 4) is 0 Å². The lowest BCUT2D eigenvalue weighted by atomic mass is 10.1. The van der Waals surface area contributed by atoms with Gasteiger partial charge in [0, 0.05) is 32.2 Å². The highest BCUT2D eigenvalue weighted by Gasteiger charge is 2.17. The third kappa shape index (κ3) is 5.58. The van der Waals surface area contributed by atoms with Gasteiger partial charge in [-0.3, -0.25) is 23.4 Å². The van der Waals surface area contributed by atoms with Gasteiger partial charge in [0.25, 0.3) is 11.5 Å². The molecule has 0 aliphatic heterocycles. The van der Waals surface area contributed by atoms with Crippen LogP contribution in [0.5, 0.6) is 0 Å². The molecule has 3 heterocycles. The van der Waals surface area contributed by atoms with Gasteiger partial charge in [-0.15, -0.1) is 10.2 Å². The summed E-state index contributed by atoms with van der Waals surface area (Å²) in [5.41, 5.74) is 0.275. The van der Waals surface area contributed by atoms with Crippen LogP contribution in [-0.2, 0) is 26.7 Å². The van der Waals surface area contributed by atoms with E-state index in [0.717, 1.165) is 10.1 Å². The molecule has 0 spiro atoms. The molecule has 0 saturated heterocycles. The zero-order chi connectivity index (χ0) is 24.9. The molecule has 0 bridgehead atoms. The maximum atomic E-state index is 12.6. The average Bonchev–Trinajstić information content (AvgIpc) is 3.52. The fourth-order valence-corrected chi connectivity index (χ4v) is 3.43. The number of rotatable bonds is 9. The summed E-state index contributed by atoms with van der Waals surface area (Å²) in [7, 11) is 1.30. The van der Waals surface area contributed by atoms with Crippen LogP contribution in [0.1, 0.15) is 33.4 Å². The molecule has 182 valence electrons. The standard InChI is InChI=1S/C22H25N9O4/c1-15-4-6-16(7-5-15)18(32)13-31-26-19(25-27-31)14-29-12-17(21(34)28(2)22(29)35)20(33)23-9-11-30-10-3-8-24-30/h3-8,10,12,18,32H,9,11,13-14H2,1-2H3,(H,23,33)/t18-/m0/s1. The summed E-state index contributed by atoms with van der Waals surface area (Å²) < 4.78 is 3.67. The van der Waals surface area contributed by atoms with E-state index < -0.39 is 23.3 Å². The highest BCUT2D eigenvalue weighted by molar-refractivity contribution is 5.93. The van der Waals surface area contributed by atoms with Gasteiger partial charge in [0.2, 0.25) is 0 Å². The lowest BCUT2D eigenvalue weighted by Crippen LogP contribution is -2.43. The van der Waals surface area contributed by atoms with E-state index in [1.54, 1.807) is 23.1 Å². The van der Waals surface area contributed by atoms with Crippen LogP contribution in [0.3, 0.4) is 0 Å². The lowest BCUT2D eigenvalue weighted by Gasteiger charge is -2.10. The van der Waals surface area contributed by atoms with Gasteiger partial charge in [0.1, 0.15) is 11.7 Å². The van der Waals surface area contributed by atoms with Gasteiger partial charge < -0.3 is 10.4 Å². The Labute approximate surface area is 199 Å². The molecule has 3 aromatic heterocycles. The zero-order valence-corrected chi connectivity index (χ0v) is 19.3. The smallest absolute Gasteiger partial charge is 0.331 e. The summed E-state index contributed by atoms with van der Waals surface area (Å²) in [5.74, 6) is -0.420. The molecule has 13 heteroatoms. The largest absolute Gasteiger partial charge is 0.386 e. The van der Waals surface area contributed by atoms with Gasteiger partial charge in [-0.1, -0.05) is 29.8 Å². The first-order chi connectivity index (χ1) is 16.8. The van der Waals surface area contributed by atoms with Gasteiger partial charge in [-0.25, -0.2) is 4.79 Å². The van der Waals surface area contributed by atoms with Gasteiger partial charge in [0.15, 0.2) is 5.82 Å². The number of benzene rings is 1. The molecule has 1 amide bonds. The molecule has 35 heavy (non-hydrogen) atoms. The Hall–Kier alpha value is -4.39. The van der Waals surface area contributed by atoms with Crippen molar-refractivity contribution in [1.29, 1.82) is 0 Å². The van der Waals surface area contributed by atoms with E-state index in [1.807, 2.05) is 31.2 Å². The number of aliphatic hydroxyl groups is 1. The van der Waals surface area contributed by atoms with E-state index in [-0.39, 0.29) is 31.0 Å². The van der Waals surface area contributed by atoms with E-state index in [2.05, 4.69) is 25.8 Å². The monoisotopic (exact) mass is 479 g/mol. The number of aliphatic hydroxyl groups excluding tert-OH is 1. The minimum atomic E-state index is -0.838. The number of hydrogen-bond donors (Lipinski definition) is 2. The molecule has 0 saturated carbocycles. The Morgan fingerprint density at radius 3 is 2.69 bits per heavy atom. The van der Waals surface area contributed by atoms with E-state index in [9.17, 15) is 19.5 Å². The number of carbonyl (C=O) groups is 1. The van der Waals surface area contributed by atoms with Crippen molar-refractivity contribution in [3.05, 3.63) is 92.3 Å². The summed E-state index contributed by atoms with van der Waals surface area (Å²) >= 11 is 0. The second kappa shape index (κ2) is 10.3. The quantitative estimate of drug-likeness (QED) is 0.318. The van der Waals surface area contributed by atoms with Crippen LogP contribution in [0.15, 0.2) is 58.5 Å². The fraction of sp³-hybridized carbons (Fsp3) is 0.318. The SMILES string of the molecule is Cc1ccc([C@@H](O)Cn2nnc(Cn3cc(C(=O)NCCn4cccn4)c(=O)n(C)c3=O)n2)cc1. The number of aryl methyl sites for hydroxylation is 1. The molecular formula is C22H25N9O4. The third-order valence-electron chi connectivity index (χ3n) is 5.39. The number of carbonyl (C=O) groups excluding carboxylic acids is 1. The first kappa shape index (κ1) is 23.8. The Morgan fingerprint density at radius 2 is 1.97 bits per heavy atom. The van der Waals surface area contributed by atoms with Crippen molar-refractivity contribution in [1.82, 2.24) is 44.4 Å². The third-order valence-corrected chi connectivity index (χ3v) is 5.39. The summed E-state index contributed by atoms with van der Waals surface area (Å²) in [6.07, 6.45) is 3.73. The lowest BCUT2D eigenvalue weighted by molar-refractivity contribution is 0.0948. The minimum Gasteiger partial charge on any atom is -0.386 e. The average molecular weight is 480 g/mol. The molecular weight excluding hydrogens is 454 g/mol. The molecule has 1 atom stereocenters. The molecule has 0 aliphatic rings. The Kier molecular flexibility index (Phi) is 6.96. The predicted octanol–water partition coefficient (Wildman–Crippen LogP) is -0.750. The van der Waals surface area contributed by atoms with Crippen molar-refractivity contribution in [2.24, 2.45) is 7.05 Å². The van der Waals surface area contributed by atoms with Gasteiger partial charge in [-0.05, 0) is 23.8 Å². The van der Waals surface area contributed by atoms with Crippen molar-refractivity contribution >= 4 is 5.91 Å². The first-order valence-corrected chi connectivity index (χ1v) is 10.9. The summed E-state index contributed by atoms with van der Waals surface area (Å²) in [5, 5.41) is 29.2. The van der Waals surface area contributed by atoms with Crippen molar-refractivity contribution < 1.29 is 9.90 Å². The number of nitrogens with one attached hydrogen (secondary N) is 1. The molecule has 0 aliphatic carbocycles. The Bertz CT molecular complexity index is 1420. The van der Waals surface area contributed by atoms with Gasteiger partial charge in [0.05, 0.1) is 19.6 Å². The van der Waals surface area contributed by atoms with Crippen LogP contribution < -0.4 is 16.6 Å². The summed E-state index contributed by atoms with van der Waals surface area (Å²) in [6, 6.07) is 9.21. The predicted molar refractivity (Wildman–Crippen MR) is 124 cm³/mol. The van der Waals surface area contributed by atoms with Crippen molar-refractivity contribution in [3.63, 3.8) is 0 Å². The number of amides is 1. The number of aromatic nitrogens is 8. The summed E-state index contributed by atoms with van der Waals surface area (Å²) in [6.45, 7) is 2.60. The number of hydrogen-bond acceptors (Lipinski definition) is 8. The Morgan fingerprint density at radius 1 is 1.20 bits per heavy atom. The minimum absolute atomic E-state index is 0.0716. The van der Waals surface area contributed by atoms with Gasteiger partial charge in [-0.2, -0.15) is 9.90 Å². The topological polar surface area (TPSA) is 155 Å². The number of tetrazole rings is 1. The molecule has 1 aromatic carbocycles. The van der Waals surface area contributed by atoms with E-state index in [0.29, 0.717) is 12.1 Å². The molecule has 4 rings (SSSR count). The Balaban J connectivity index is 1.46. The molecule has 0 fully saturated rings. The van der Waals surface area contributed by atoms with Crippen molar-refractivity contribution in [2.75, 3.05) is 6.54 Å². The highest BCUT2D eigenvalue weighted by Crippen LogP contribution is 2.14. The van der Waals surface area contributed by atoms with Crippen LogP contribution >= 0.6 is 0 Å². The second-order valence-electron chi connectivity index (χ2n) is 8.03. The molecule has 13 nitrogen and oxygen atoms in total. The van der Waals surface area contributed by atoms with E-state index in [1.165, 1.54) is 22.6 Å². The van der Waals surface area contributed by atoms with Crippen molar-refractivity contribution in [2.45, 2.75) is 32.7 Å². The fourth-order valence-electron chi connectivity index (χ4n) is 3.43. The zero-order valence-electron chi connectivity index (χ0n) is 19.3. The second-order valence-corrected chi connectivity index (χ2v) is 8.03. The van der Waals surface area contributed by atoms with Crippen LogP contribution in [0.4, 0.5) is 0 Å². The molecule has 0 unspecified atom stereocenters. The molecule has 2 N–H and O–H groups in total. The summed E-state index contributed by atoms with van der Waals surface area (Å²) in [4.78, 5) is 38.9. The molecule has 4 aromatic rings. The maximum absolute atomic E-state index is 12.6. The molecule has 0 radical (unpaired) electrons. The normalized spacial score (nSPS) is 12.0. The van der Waals surface area contributed by atoms with Crippen LogP contribution in [0.25, 0.3) is 0 Å². The number of nitrogens with zero attached hydrogens (tertiary/aromatic N) is 8. The maximum Gasteiger partial charge on any atom is 0.331 e. The first-order valence-electron chi connectivity index (χ1n) is 10.9. The van der Waals surface area contributed by atoms with Crippen LogP contribution in [-0.4, -0.2) is 56.7 Å². The highest BCUT2D eigenvalue weighted by atomic mass is 16.3. The van der Waals surface area contributed by atoms with Crippen LogP contribution in [0, 0.1) is 6.92 Å². The van der Waals surface area contributed by atoms with E-state index >= 15 is 0 Å².